The number of nitrogens with zero attached hydrogens (tertiary/aromatic N) is 1. The van der Waals surface area contributed by atoms with Crippen molar-refractivity contribution in [2.24, 2.45) is 0 Å². The number of carbonyl (C=O) groups excluding carboxylic acids is 1. The first-order chi connectivity index (χ1) is 31.0. The Balaban J connectivity index is 4.32. The van der Waals surface area contributed by atoms with Gasteiger partial charge in [-0.1, -0.05) is 214 Å². The number of rotatable bonds is 46. The summed E-state index contributed by atoms with van der Waals surface area (Å²) in [6, 6.07) is -0.952. The molecule has 9 heteroatoms. The lowest BCUT2D eigenvalue weighted by Gasteiger charge is -2.29. The van der Waals surface area contributed by atoms with Gasteiger partial charge in [-0.2, -0.15) is 0 Å². The molecule has 0 spiro atoms. The molecular formula is C55H99N2O6P. The van der Waals surface area contributed by atoms with E-state index in [0.29, 0.717) is 23.9 Å². The van der Waals surface area contributed by atoms with Crippen LogP contribution >= 0.6 is 7.82 Å². The average Bonchev–Trinajstić information content (AvgIpc) is 3.25. The number of hydrogen-bond acceptors (Lipinski definition) is 6. The predicted octanol–water partition coefficient (Wildman–Crippen LogP) is 14.7. The minimum atomic E-state index is -4.63. The first-order valence-electron chi connectivity index (χ1n) is 25.9. The molecule has 0 rings (SSSR count). The third-order valence-corrected chi connectivity index (χ3v) is 12.0. The Bertz CT molecular complexity index is 1310. The van der Waals surface area contributed by atoms with Crippen LogP contribution in [-0.4, -0.2) is 68.5 Å². The molecule has 0 saturated heterocycles. The van der Waals surface area contributed by atoms with Crippen molar-refractivity contribution in [1.29, 1.82) is 0 Å². The minimum Gasteiger partial charge on any atom is -0.756 e. The van der Waals surface area contributed by atoms with E-state index in [1.165, 1.54) is 128 Å². The number of amides is 1. The van der Waals surface area contributed by atoms with E-state index in [0.717, 1.165) is 44.9 Å². The van der Waals surface area contributed by atoms with Gasteiger partial charge in [0.15, 0.2) is 0 Å². The van der Waals surface area contributed by atoms with Gasteiger partial charge in [0.2, 0.25) is 5.91 Å². The number of phosphoric ester groups is 1. The molecule has 0 aliphatic heterocycles. The third kappa shape index (κ3) is 47.6. The number of carbonyl (C=O) groups is 1. The quantitative estimate of drug-likeness (QED) is 0.0273. The van der Waals surface area contributed by atoms with Crippen molar-refractivity contribution in [2.75, 3.05) is 40.9 Å². The maximum Gasteiger partial charge on any atom is 0.268 e. The minimum absolute atomic E-state index is 0.0257. The molecule has 0 radical (unpaired) electrons. The molecule has 0 bridgehead atoms. The second-order valence-corrected chi connectivity index (χ2v) is 19.9. The zero-order valence-corrected chi connectivity index (χ0v) is 42.8. The highest BCUT2D eigenvalue weighted by Gasteiger charge is 2.23. The van der Waals surface area contributed by atoms with Crippen LogP contribution in [0.4, 0.5) is 0 Å². The topological polar surface area (TPSA) is 108 Å². The number of aliphatic hydroxyl groups is 1. The summed E-state index contributed by atoms with van der Waals surface area (Å²) in [5.41, 5.74) is 0. The molecule has 0 aliphatic carbocycles. The molecule has 0 saturated carbocycles. The second-order valence-electron chi connectivity index (χ2n) is 18.5. The standard InChI is InChI=1S/C55H99N2O6P/c1-6-8-10-12-14-16-18-20-21-22-23-24-25-26-27-28-29-30-31-32-33-34-35-37-38-40-42-44-46-48-54(58)53(52-63-64(60,61)62-51-50-57(3,4)5)56-55(59)49-47-45-43-41-39-36-19-17-15-13-11-9-7-2/h9,11,15,17,33-34,36,38-40,43,45-46,48,53-54,58H,6-8,10,12-14,16,18-32,35,37,41-42,44,47,49-52H2,1-5H3,(H-,56,59,60,61)/b11-9-,17-15-,34-33+,39-36-,40-38+,45-43-,48-46+. The maximum absolute atomic E-state index is 12.8. The molecule has 0 aromatic rings. The first-order valence-corrected chi connectivity index (χ1v) is 27.4. The average molecular weight is 915 g/mol. The summed E-state index contributed by atoms with van der Waals surface area (Å²) in [6.07, 6.45) is 64.1. The van der Waals surface area contributed by atoms with Crippen LogP contribution in [0.3, 0.4) is 0 Å². The fourth-order valence-electron chi connectivity index (χ4n) is 7.02. The van der Waals surface area contributed by atoms with Gasteiger partial charge in [-0.3, -0.25) is 9.36 Å². The van der Waals surface area contributed by atoms with Crippen LogP contribution < -0.4 is 10.2 Å². The lowest BCUT2D eigenvalue weighted by atomic mass is 10.0. The number of phosphoric acid groups is 1. The molecule has 2 N–H and O–H groups in total. The zero-order chi connectivity index (χ0) is 47.1. The predicted molar refractivity (Wildman–Crippen MR) is 274 cm³/mol. The summed E-state index contributed by atoms with van der Waals surface area (Å²) in [7, 11) is 1.18. The number of aliphatic hydroxyl groups excluding tert-OH is 1. The Hall–Kier alpha value is -2.32. The van der Waals surface area contributed by atoms with Crippen molar-refractivity contribution in [2.45, 2.75) is 219 Å². The molecule has 0 aromatic heterocycles. The Kier molecular flexibility index (Phi) is 44.2. The van der Waals surface area contributed by atoms with Crippen LogP contribution in [0.25, 0.3) is 0 Å². The number of quaternary nitrogens is 1. The van der Waals surface area contributed by atoms with Crippen molar-refractivity contribution < 1.29 is 32.9 Å². The summed E-state index contributed by atoms with van der Waals surface area (Å²) in [5.74, 6) is -0.294. The second kappa shape index (κ2) is 45.8. The molecule has 64 heavy (non-hydrogen) atoms. The number of hydrogen-bond donors (Lipinski definition) is 2. The largest absolute Gasteiger partial charge is 0.756 e. The van der Waals surface area contributed by atoms with Gasteiger partial charge in [0.1, 0.15) is 13.2 Å². The number of nitrogens with one attached hydrogen (secondary N) is 1. The number of allylic oxidation sites excluding steroid dienone is 13. The van der Waals surface area contributed by atoms with E-state index < -0.39 is 26.6 Å². The smallest absolute Gasteiger partial charge is 0.268 e. The molecule has 0 fully saturated rings. The maximum atomic E-state index is 12.8. The van der Waals surface area contributed by atoms with E-state index in [1.807, 2.05) is 39.4 Å². The molecule has 370 valence electrons. The van der Waals surface area contributed by atoms with Crippen LogP contribution in [0.5, 0.6) is 0 Å². The highest BCUT2D eigenvalue weighted by Crippen LogP contribution is 2.38. The highest BCUT2D eigenvalue weighted by atomic mass is 31.2. The molecule has 0 heterocycles. The normalized spacial score (nSPS) is 14.8. The van der Waals surface area contributed by atoms with Crippen molar-refractivity contribution in [3.63, 3.8) is 0 Å². The first kappa shape index (κ1) is 61.7. The van der Waals surface area contributed by atoms with Gasteiger partial charge in [-0.15, -0.1) is 0 Å². The van der Waals surface area contributed by atoms with E-state index in [1.54, 1.807) is 6.08 Å². The van der Waals surface area contributed by atoms with E-state index in [2.05, 4.69) is 79.9 Å². The van der Waals surface area contributed by atoms with E-state index in [-0.39, 0.29) is 18.9 Å². The third-order valence-electron chi connectivity index (χ3n) is 11.1. The van der Waals surface area contributed by atoms with Crippen LogP contribution in [0.2, 0.25) is 0 Å². The van der Waals surface area contributed by atoms with E-state index in [4.69, 9.17) is 9.05 Å². The summed E-state index contributed by atoms with van der Waals surface area (Å²) in [6.45, 7) is 4.44. The monoisotopic (exact) mass is 915 g/mol. The van der Waals surface area contributed by atoms with Crippen molar-refractivity contribution in [1.82, 2.24) is 5.32 Å². The lowest BCUT2D eigenvalue weighted by molar-refractivity contribution is -0.870. The van der Waals surface area contributed by atoms with Gasteiger partial charge in [0.05, 0.1) is 39.9 Å². The molecule has 3 atom stereocenters. The van der Waals surface area contributed by atoms with Crippen molar-refractivity contribution in [3.8, 4) is 0 Å². The van der Waals surface area contributed by atoms with Crippen LogP contribution in [-0.2, 0) is 18.4 Å². The number of unbranched alkanes of at least 4 members (excludes halogenated alkanes) is 21. The Morgan fingerprint density at radius 3 is 1.44 bits per heavy atom. The fourth-order valence-corrected chi connectivity index (χ4v) is 7.74. The van der Waals surface area contributed by atoms with Crippen LogP contribution in [0.15, 0.2) is 85.1 Å². The Labute approximate surface area is 395 Å². The van der Waals surface area contributed by atoms with Crippen molar-refractivity contribution >= 4 is 13.7 Å². The van der Waals surface area contributed by atoms with Crippen LogP contribution in [0, 0.1) is 0 Å². The van der Waals surface area contributed by atoms with Gasteiger partial charge < -0.3 is 28.8 Å². The number of likely N-dealkylation sites (N-methyl/N-ethyl adjacent to an activating group) is 1. The Morgan fingerprint density at radius 1 is 0.562 bits per heavy atom. The van der Waals surface area contributed by atoms with Crippen molar-refractivity contribution in [3.05, 3.63) is 85.1 Å². The molecule has 0 aliphatic rings. The molecule has 1 amide bonds. The van der Waals surface area contributed by atoms with Gasteiger partial charge >= 0.3 is 0 Å². The van der Waals surface area contributed by atoms with Gasteiger partial charge in [-0.25, -0.2) is 0 Å². The van der Waals surface area contributed by atoms with Gasteiger partial charge in [0.25, 0.3) is 7.82 Å². The lowest BCUT2D eigenvalue weighted by Crippen LogP contribution is -2.45. The highest BCUT2D eigenvalue weighted by molar-refractivity contribution is 7.45. The molecule has 0 aromatic carbocycles. The summed E-state index contributed by atoms with van der Waals surface area (Å²) < 4.78 is 23.2. The molecular weight excluding hydrogens is 816 g/mol. The van der Waals surface area contributed by atoms with Crippen LogP contribution in [0.1, 0.15) is 206 Å². The zero-order valence-electron chi connectivity index (χ0n) is 42.0. The molecule has 3 unspecified atom stereocenters. The summed E-state index contributed by atoms with van der Waals surface area (Å²) >= 11 is 0. The molecule has 8 nitrogen and oxygen atoms in total. The van der Waals surface area contributed by atoms with E-state index >= 15 is 0 Å². The van der Waals surface area contributed by atoms with Gasteiger partial charge in [-0.05, 0) is 70.6 Å². The van der Waals surface area contributed by atoms with Gasteiger partial charge in [0, 0.05) is 6.42 Å². The SMILES string of the molecule is CC/C=C\C/C=C\C/C=C\C/C=C\CCC(=O)NC(COP(=O)([O-])OCC[N+](C)(C)C)C(O)/C=C/CC/C=C/CC/C=C/CCCCCCCCCCCCCCCCCCCCC. The van der Waals surface area contributed by atoms with E-state index in [9.17, 15) is 19.4 Å². The summed E-state index contributed by atoms with van der Waals surface area (Å²) in [4.78, 5) is 25.3. The summed E-state index contributed by atoms with van der Waals surface area (Å²) in [5, 5.41) is 13.7. The Morgan fingerprint density at radius 2 is 0.969 bits per heavy atom. The fraction of sp³-hybridized carbons (Fsp3) is 0.727.